The SMILES string of the molecule is COC1O[C@@H]2[C@H](Cc3ccc4nc(N)c(Cl)cc4c3)CC[C@@]23OC(C)(C)O[C@@H]13. The molecule has 0 radical (unpaired) electrons. The van der Waals surface area contributed by atoms with Gasteiger partial charge in [-0.05, 0) is 62.8 Å². The number of methoxy groups -OCH3 is 1. The van der Waals surface area contributed by atoms with Crippen molar-refractivity contribution in [3.63, 3.8) is 0 Å². The minimum Gasteiger partial charge on any atom is -0.382 e. The van der Waals surface area contributed by atoms with Gasteiger partial charge in [-0.15, -0.1) is 0 Å². The lowest BCUT2D eigenvalue weighted by atomic mass is 9.90. The Labute approximate surface area is 169 Å². The van der Waals surface area contributed by atoms with Crippen LogP contribution in [0.15, 0.2) is 24.3 Å². The van der Waals surface area contributed by atoms with E-state index in [0.29, 0.717) is 16.8 Å². The zero-order valence-electron chi connectivity index (χ0n) is 16.3. The molecule has 3 heterocycles. The van der Waals surface area contributed by atoms with Gasteiger partial charge in [-0.25, -0.2) is 4.98 Å². The Kier molecular flexibility index (Phi) is 4.17. The Bertz CT molecular complexity index is 936. The Morgan fingerprint density at radius 3 is 2.89 bits per heavy atom. The van der Waals surface area contributed by atoms with Gasteiger partial charge in [0, 0.05) is 12.5 Å². The average molecular weight is 405 g/mol. The van der Waals surface area contributed by atoms with E-state index in [9.17, 15) is 0 Å². The smallest absolute Gasteiger partial charge is 0.186 e. The van der Waals surface area contributed by atoms with Crippen molar-refractivity contribution in [2.24, 2.45) is 5.92 Å². The standard InChI is InChI=1S/C21H25ClN2O4/c1-20(2)27-17-19(25-3)26-16-12(6-7-21(16,17)28-20)8-11-4-5-15-13(9-11)10-14(22)18(23)24-15/h4-5,9-10,12,16-17,19H,6-8H2,1-3H3,(H2,23,24)/t12-,16+,17-,19?,21+/m0/s1. The van der Waals surface area contributed by atoms with E-state index in [1.165, 1.54) is 5.56 Å². The van der Waals surface area contributed by atoms with Crippen LogP contribution >= 0.6 is 11.6 Å². The maximum absolute atomic E-state index is 6.41. The number of aromatic nitrogens is 1. The number of fused-ring (bicyclic) bond motifs is 1. The van der Waals surface area contributed by atoms with Crippen LogP contribution in [0.3, 0.4) is 0 Å². The molecule has 1 unspecified atom stereocenters. The molecule has 2 saturated heterocycles. The van der Waals surface area contributed by atoms with E-state index in [4.69, 9.17) is 36.3 Å². The Morgan fingerprint density at radius 2 is 2.11 bits per heavy atom. The Balaban J connectivity index is 1.43. The fourth-order valence-corrected chi connectivity index (χ4v) is 5.38. The maximum Gasteiger partial charge on any atom is 0.186 e. The molecule has 1 aromatic carbocycles. The number of nitrogens with zero attached hydrogens (tertiary/aromatic N) is 1. The largest absolute Gasteiger partial charge is 0.382 e. The van der Waals surface area contributed by atoms with Gasteiger partial charge in [0.25, 0.3) is 0 Å². The highest BCUT2D eigenvalue weighted by Gasteiger charge is 2.69. The van der Waals surface area contributed by atoms with Gasteiger partial charge in [0.2, 0.25) is 0 Å². The zero-order chi connectivity index (χ0) is 19.7. The summed E-state index contributed by atoms with van der Waals surface area (Å²) < 4.78 is 24.4. The zero-order valence-corrected chi connectivity index (χ0v) is 17.0. The van der Waals surface area contributed by atoms with Gasteiger partial charge in [-0.1, -0.05) is 17.7 Å². The van der Waals surface area contributed by atoms with E-state index >= 15 is 0 Å². The van der Waals surface area contributed by atoms with Crippen molar-refractivity contribution in [3.8, 4) is 0 Å². The van der Waals surface area contributed by atoms with Gasteiger partial charge in [-0.2, -0.15) is 0 Å². The third-order valence-corrected chi connectivity index (χ3v) is 6.56. The second-order valence-electron chi connectivity index (χ2n) is 8.54. The van der Waals surface area contributed by atoms with E-state index in [0.717, 1.165) is 30.2 Å². The molecule has 0 bridgehead atoms. The van der Waals surface area contributed by atoms with Crippen molar-refractivity contribution in [1.82, 2.24) is 4.98 Å². The highest BCUT2D eigenvalue weighted by molar-refractivity contribution is 6.33. The highest BCUT2D eigenvalue weighted by Crippen LogP contribution is 2.56. The lowest BCUT2D eigenvalue weighted by Gasteiger charge is -2.29. The van der Waals surface area contributed by atoms with Gasteiger partial charge < -0.3 is 24.7 Å². The monoisotopic (exact) mass is 404 g/mol. The molecule has 28 heavy (non-hydrogen) atoms. The van der Waals surface area contributed by atoms with E-state index in [2.05, 4.69) is 17.1 Å². The molecule has 6 nitrogen and oxygen atoms in total. The summed E-state index contributed by atoms with van der Waals surface area (Å²) in [4.78, 5) is 4.35. The molecule has 3 fully saturated rings. The number of halogens is 1. The Hall–Kier alpha value is -1.44. The number of anilines is 1. The van der Waals surface area contributed by atoms with Crippen LogP contribution in [-0.4, -0.2) is 42.0 Å². The van der Waals surface area contributed by atoms with Crippen molar-refractivity contribution in [2.75, 3.05) is 12.8 Å². The quantitative estimate of drug-likeness (QED) is 0.840. The minimum absolute atomic E-state index is 0.0481. The van der Waals surface area contributed by atoms with Crippen molar-refractivity contribution >= 4 is 28.3 Å². The van der Waals surface area contributed by atoms with Gasteiger partial charge in [0.1, 0.15) is 17.5 Å². The van der Waals surface area contributed by atoms with Crippen LogP contribution in [0.5, 0.6) is 0 Å². The molecular weight excluding hydrogens is 380 g/mol. The average Bonchev–Trinajstić information content (AvgIpc) is 3.20. The molecule has 150 valence electrons. The molecule has 1 saturated carbocycles. The summed E-state index contributed by atoms with van der Waals surface area (Å²) in [5.41, 5.74) is 7.45. The molecule has 2 aliphatic heterocycles. The van der Waals surface area contributed by atoms with Gasteiger partial charge in [0.05, 0.1) is 16.6 Å². The third kappa shape index (κ3) is 2.74. The molecule has 7 heteroatoms. The van der Waals surface area contributed by atoms with Crippen LogP contribution in [-0.2, 0) is 25.4 Å². The summed E-state index contributed by atoms with van der Waals surface area (Å²) in [6.07, 6.45) is 2.19. The number of rotatable bonds is 3. The predicted octanol–water partition coefficient (Wildman–Crippen LogP) is 3.68. The van der Waals surface area contributed by atoms with Crippen LogP contribution in [0.2, 0.25) is 5.02 Å². The molecule has 0 amide bonds. The van der Waals surface area contributed by atoms with Crippen LogP contribution in [0.25, 0.3) is 10.9 Å². The van der Waals surface area contributed by atoms with E-state index in [-0.39, 0.29) is 12.2 Å². The topological polar surface area (TPSA) is 75.8 Å². The van der Waals surface area contributed by atoms with Gasteiger partial charge in [-0.3, -0.25) is 0 Å². The van der Waals surface area contributed by atoms with Crippen LogP contribution in [0, 0.1) is 5.92 Å². The fourth-order valence-electron chi connectivity index (χ4n) is 5.22. The predicted molar refractivity (Wildman–Crippen MR) is 106 cm³/mol. The molecular formula is C21H25ClN2O4. The summed E-state index contributed by atoms with van der Waals surface area (Å²) in [6.45, 7) is 3.92. The number of nitrogens with two attached hydrogens (primary N) is 1. The number of pyridine rings is 1. The normalized spacial score (nSPS) is 36.0. The van der Waals surface area contributed by atoms with E-state index in [1.54, 1.807) is 7.11 Å². The van der Waals surface area contributed by atoms with Crippen molar-refractivity contribution in [3.05, 3.63) is 34.9 Å². The second-order valence-corrected chi connectivity index (χ2v) is 8.95. The fraction of sp³-hybridized carbons (Fsp3) is 0.571. The summed E-state index contributed by atoms with van der Waals surface area (Å²) in [5.74, 6) is 0.0652. The maximum atomic E-state index is 6.41. The van der Waals surface area contributed by atoms with Crippen molar-refractivity contribution in [2.45, 2.75) is 63.0 Å². The third-order valence-electron chi connectivity index (χ3n) is 6.26. The molecule has 5 atom stereocenters. The lowest BCUT2D eigenvalue weighted by Crippen LogP contribution is -2.44. The number of ether oxygens (including phenoxy) is 4. The molecule has 1 aromatic heterocycles. The molecule has 5 rings (SSSR count). The van der Waals surface area contributed by atoms with E-state index in [1.807, 2.05) is 26.0 Å². The van der Waals surface area contributed by atoms with Crippen LogP contribution in [0.4, 0.5) is 5.82 Å². The van der Waals surface area contributed by atoms with Crippen LogP contribution in [0.1, 0.15) is 32.3 Å². The van der Waals surface area contributed by atoms with Gasteiger partial charge >= 0.3 is 0 Å². The minimum atomic E-state index is -0.621. The highest BCUT2D eigenvalue weighted by atomic mass is 35.5. The van der Waals surface area contributed by atoms with E-state index < -0.39 is 17.7 Å². The van der Waals surface area contributed by atoms with Gasteiger partial charge in [0.15, 0.2) is 12.1 Å². The second kappa shape index (κ2) is 6.28. The molecule has 1 aliphatic carbocycles. The molecule has 1 spiro atoms. The lowest BCUT2D eigenvalue weighted by molar-refractivity contribution is -0.236. The summed E-state index contributed by atoms with van der Waals surface area (Å²) in [6, 6.07) is 8.10. The Morgan fingerprint density at radius 1 is 1.29 bits per heavy atom. The van der Waals surface area contributed by atoms with Crippen molar-refractivity contribution < 1.29 is 18.9 Å². The molecule has 2 aromatic rings. The first-order chi connectivity index (χ1) is 13.3. The summed E-state index contributed by atoms with van der Waals surface area (Å²) in [7, 11) is 1.66. The first kappa shape index (κ1) is 18.6. The number of nitrogen functional groups attached to an aromatic ring is 1. The van der Waals surface area contributed by atoms with Crippen molar-refractivity contribution in [1.29, 1.82) is 0 Å². The summed E-state index contributed by atoms with van der Waals surface area (Å²) in [5, 5.41) is 1.47. The summed E-state index contributed by atoms with van der Waals surface area (Å²) >= 11 is 6.15. The first-order valence-corrected chi connectivity index (χ1v) is 10.1. The number of hydrogen-bond donors (Lipinski definition) is 1. The first-order valence-electron chi connectivity index (χ1n) is 9.72. The molecule has 3 aliphatic rings. The molecule has 2 N–H and O–H groups in total. The number of benzene rings is 1. The number of hydrogen-bond acceptors (Lipinski definition) is 6. The van der Waals surface area contributed by atoms with Crippen LogP contribution < -0.4 is 5.73 Å².